The van der Waals surface area contributed by atoms with Crippen LogP contribution in [-0.4, -0.2) is 41.3 Å². The average Bonchev–Trinajstić information content (AvgIpc) is 3.25. The van der Waals surface area contributed by atoms with Gasteiger partial charge in [0.05, 0.1) is 11.4 Å². The fourth-order valence-electron chi connectivity index (χ4n) is 3.60. The number of sulfonamides is 1. The first-order chi connectivity index (χ1) is 11.1. The fourth-order valence-corrected chi connectivity index (χ4v) is 5.12. The van der Waals surface area contributed by atoms with Crippen LogP contribution in [0.5, 0.6) is 0 Å². The maximum atomic E-state index is 12.8. The zero-order chi connectivity index (χ0) is 15.9. The molecule has 2 aromatic rings. The molecule has 2 aliphatic rings. The van der Waals surface area contributed by atoms with Crippen molar-refractivity contribution in [3.8, 4) is 0 Å². The minimum atomic E-state index is -3.55. The molecule has 2 saturated heterocycles. The summed E-state index contributed by atoms with van der Waals surface area (Å²) in [5, 5.41) is 7.50. The van der Waals surface area contributed by atoms with Crippen LogP contribution >= 0.6 is 0 Å². The first-order valence-corrected chi connectivity index (χ1v) is 9.29. The maximum Gasteiger partial charge on any atom is 0.241 e. The van der Waals surface area contributed by atoms with Gasteiger partial charge in [0.1, 0.15) is 12.7 Å². The van der Waals surface area contributed by atoms with Crippen LogP contribution in [0.2, 0.25) is 0 Å². The normalized spacial score (nSPS) is 26.7. The van der Waals surface area contributed by atoms with Gasteiger partial charge in [0.25, 0.3) is 0 Å². The van der Waals surface area contributed by atoms with E-state index in [0.29, 0.717) is 23.0 Å². The molecule has 0 saturated carbocycles. The van der Waals surface area contributed by atoms with Gasteiger partial charge in [0, 0.05) is 18.1 Å². The molecule has 8 heteroatoms. The molecule has 2 N–H and O–H groups in total. The largest absolute Gasteiger partial charge is 0.310 e. The van der Waals surface area contributed by atoms with Crippen LogP contribution in [0.1, 0.15) is 24.8 Å². The molecule has 1 aromatic carbocycles. The van der Waals surface area contributed by atoms with Gasteiger partial charge in [-0.15, -0.1) is 0 Å². The summed E-state index contributed by atoms with van der Waals surface area (Å²) in [6.07, 6.45) is 6.08. The predicted octanol–water partition coefficient (Wildman–Crippen LogP) is 0.498. The van der Waals surface area contributed by atoms with Crippen LogP contribution in [0.15, 0.2) is 41.8 Å². The zero-order valence-electron chi connectivity index (χ0n) is 12.6. The van der Waals surface area contributed by atoms with Crippen LogP contribution in [0.25, 0.3) is 0 Å². The summed E-state index contributed by atoms with van der Waals surface area (Å²) >= 11 is 0. The van der Waals surface area contributed by atoms with Gasteiger partial charge >= 0.3 is 0 Å². The zero-order valence-corrected chi connectivity index (χ0v) is 13.4. The maximum absolute atomic E-state index is 12.8. The lowest BCUT2D eigenvalue weighted by atomic mass is 9.96. The Bertz CT molecular complexity index is 790. The van der Waals surface area contributed by atoms with Gasteiger partial charge < -0.3 is 5.32 Å². The van der Waals surface area contributed by atoms with E-state index in [9.17, 15) is 8.42 Å². The van der Waals surface area contributed by atoms with Gasteiger partial charge in [-0.25, -0.2) is 22.8 Å². The van der Waals surface area contributed by atoms with E-state index in [0.717, 1.165) is 19.3 Å². The van der Waals surface area contributed by atoms with Crippen molar-refractivity contribution in [3.05, 3.63) is 42.5 Å². The molecular weight excluding hydrogens is 314 g/mol. The van der Waals surface area contributed by atoms with Crippen molar-refractivity contribution in [2.75, 3.05) is 0 Å². The molecule has 7 nitrogen and oxygen atoms in total. The Balaban J connectivity index is 1.59. The quantitative estimate of drug-likeness (QED) is 0.832. The molecule has 1 aromatic heterocycles. The molecule has 122 valence electrons. The number of benzene rings is 1. The third-order valence-electron chi connectivity index (χ3n) is 4.67. The highest BCUT2D eigenvalue weighted by atomic mass is 32.2. The molecule has 23 heavy (non-hydrogen) atoms. The second-order valence-corrected chi connectivity index (χ2v) is 7.89. The molecule has 3 atom stereocenters. The van der Waals surface area contributed by atoms with Gasteiger partial charge in [0.15, 0.2) is 0 Å². The number of nitrogens with zero attached hydrogens (tertiary/aromatic N) is 3. The second-order valence-electron chi connectivity index (χ2n) is 6.21. The molecule has 0 spiro atoms. The number of fused-ring (bicyclic) bond motifs is 2. The van der Waals surface area contributed by atoms with Crippen molar-refractivity contribution in [2.45, 2.75) is 48.8 Å². The summed E-state index contributed by atoms with van der Waals surface area (Å²) < 4.78 is 30.2. The number of nitrogens with one attached hydrogen (secondary N) is 2. The van der Waals surface area contributed by atoms with E-state index in [4.69, 9.17) is 0 Å². The molecule has 0 amide bonds. The third kappa shape index (κ3) is 2.89. The summed E-state index contributed by atoms with van der Waals surface area (Å²) in [4.78, 5) is 4.22. The molecule has 0 radical (unpaired) electrons. The molecule has 2 bridgehead atoms. The monoisotopic (exact) mass is 333 g/mol. The number of hydrogen-bond acceptors (Lipinski definition) is 5. The molecular formula is C15H19N5O2S. The fraction of sp³-hybridized carbons (Fsp3) is 0.467. The van der Waals surface area contributed by atoms with Gasteiger partial charge in [0.2, 0.25) is 10.0 Å². The lowest BCUT2D eigenvalue weighted by molar-refractivity contribution is 0.460. The van der Waals surface area contributed by atoms with Gasteiger partial charge in [-0.1, -0.05) is 18.2 Å². The highest BCUT2D eigenvalue weighted by Gasteiger charge is 2.41. The highest BCUT2D eigenvalue weighted by molar-refractivity contribution is 7.89. The molecule has 0 aliphatic carbocycles. The third-order valence-corrected chi connectivity index (χ3v) is 6.26. The predicted molar refractivity (Wildman–Crippen MR) is 84.2 cm³/mol. The Morgan fingerprint density at radius 3 is 2.87 bits per heavy atom. The highest BCUT2D eigenvalue weighted by Crippen LogP contribution is 2.29. The van der Waals surface area contributed by atoms with Crippen molar-refractivity contribution >= 4 is 10.0 Å². The first kappa shape index (κ1) is 14.8. The standard InChI is InChI=1S/C15H19N5O2S/c21-23(22,19-14-7-12-5-6-13(14)18-12)15-4-2-1-3-11(15)8-20-10-16-9-17-20/h1-4,9-10,12-14,18-19H,5-8H2/t12-,13+,14+/m0/s1. The summed E-state index contributed by atoms with van der Waals surface area (Å²) in [6.45, 7) is 0.381. The Kier molecular flexibility index (Phi) is 3.67. The smallest absolute Gasteiger partial charge is 0.241 e. The van der Waals surface area contributed by atoms with E-state index in [1.807, 2.05) is 12.1 Å². The molecule has 0 unspecified atom stereocenters. The van der Waals surface area contributed by atoms with E-state index in [1.165, 1.54) is 6.33 Å². The van der Waals surface area contributed by atoms with Crippen LogP contribution in [0.3, 0.4) is 0 Å². The van der Waals surface area contributed by atoms with Gasteiger partial charge in [-0.3, -0.25) is 0 Å². The lowest BCUT2D eigenvalue weighted by Gasteiger charge is -2.22. The number of aromatic nitrogens is 3. The van der Waals surface area contributed by atoms with Crippen LogP contribution in [-0.2, 0) is 16.6 Å². The van der Waals surface area contributed by atoms with Gasteiger partial charge in [-0.05, 0) is 30.9 Å². The Labute approximate surface area is 135 Å². The second kappa shape index (κ2) is 5.70. The van der Waals surface area contributed by atoms with Crippen molar-refractivity contribution < 1.29 is 8.42 Å². The summed E-state index contributed by atoms with van der Waals surface area (Å²) in [6, 6.07) is 7.75. The van der Waals surface area contributed by atoms with Crippen LogP contribution < -0.4 is 10.0 Å². The Hall–Kier alpha value is -1.77. The van der Waals surface area contributed by atoms with Crippen LogP contribution in [0.4, 0.5) is 0 Å². The molecule has 2 fully saturated rings. The van der Waals surface area contributed by atoms with Crippen molar-refractivity contribution in [1.29, 1.82) is 0 Å². The summed E-state index contributed by atoms with van der Waals surface area (Å²) in [5.41, 5.74) is 0.710. The van der Waals surface area contributed by atoms with Gasteiger partial charge in [-0.2, -0.15) is 5.10 Å². The first-order valence-electron chi connectivity index (χ1n) is 7.80. The molecule has 4 rings (SSSR count). The minimum Gasteiger partial charge on any atom is -0.310 e. The van der Waals surface area contributed by atoms with Crippen molar-refractivity contribution in [1.82, 2.24) is 24.8 Å². The minimum absolute atomic E-state index is 0.0156. The number of rotatable bonds is 5. The Morgan fingerprint density at radius 2 is 2.17 bits per heavy atom. The van der Waals surface area contributed by atoms with E-state index in [2.05, 4.69) is 20.1 Å². The summed E-state index contributed by atoms with van der Waals surface area (Å²) in [7, 11) is -3.55. The lowest BCUT2D eigenvalue weighted by Crippen LogP contribution is -2.43. The number of hydrogen-bond donors (Lipinski definition) is 2. The summed E-state index contributed by atoms with van der Waals surface area (Å²) in [5.74, 6) is 0. The molecule has 2 aliphatic heterocycles. The Morgan fingerprint density at radius 1 is 1.30 bits per heavy atom. The SMILES string of the molecule is O=S(=O)(N[C@@H]1C[C@@H]2CC[C@H]1N2)c1ccccc1Cn1cncn1. The topological polar surface area (TPSA) is 88.9 Å². The average molecular weight is 333 g/mol. The van der Waals surface area contributed by atoms with E-state index >= 15 is 0 Å². The van der Waals surface area contributed by atoms with Crippen molar-refractivity contribution in [2.24, 2.45) is 0 Å². The van der Waals surface area contributed by atoms with E-state index in [1.54, 1.807) is 23.1 Å². The molecule has 3 heterocycles. The van der Waals surface area contributed by atoms with Crippen LogP contribution in [0, 0.1) is 0 Å². The van der Waals surface area contributed by atoms with E-state index in [-0.39, 0.29) is 12.1 Å². The van der Waals surface area contributed by atoms with E-state index < -0.39 is 10.0 Å². The van der Waals surface area contributed by atoms with Crippen molar-refractivity contribution in [3.63, 3.8) is 0 Å².